The third-order valence-electron chi connectivity index (χ3n) is 12.1. The molecule has 0 bridgehead atoms. The zero-order valence-corrected chi connectivity index (χ0v) is 24.5. The zero-order valence-electron chi connectivity index (χ0n) is 24.5. The molecule has 0 saturated heterocycles. The SMILES string of the molecule is CCCCOC1CCC(C2CCC3(CC2)CC2(CCC(C4CCC(OCCCC)CC4)CC2)C3=O)CC1. The lowest BCUT2D eigenvalue weighted by molar-refractivity contribution is -0.170. The molecule has 0 amide bonds. The van der Waals surface area contributed by atoms with Gasteiger partial charge in [-0.05, 0) is 146 Å². The summed E-state index contributed by atoms with van der Waals surface area (Å²) in [6, 6.07) is 0. The van der Waals surface area contributed by atoms with Gasteiger partial charge in [-0.15, -0.1) is 0 Å². The number of hydrogen-bond donors (Lipinski definition) is 0. The molecule has 5 rings (SSSR count). The zero-order chi connectivity index (χ0) is 25.7. The largest absolute Gasteiger partial charge is 0.378 e. The highest BCUT2D eigenvalue weighted by Gasteiger charge is 2.63. The monoisotopic (exact) mass is 514 g/mol. The molecule has 2 spiro atoms. The Balaban J connectivity index is 1.01. The Kier molecular flexibility index (Phi) is 9.76. The molecule has 5 fully saturated rings. The first-order chi connectivity index (χ1) is 18.1. The lowest BCUT2D eigenvalue weighted by Crippen LogP contribution is -2.60. The van der Waals surface area contributed by atoms with Crippen LogP contribution in [-0.2, 0) is 14.3 Å². The first-order valence-corrected chi connectivity index (χ1v) is 16.9. The Morgan fingerprint density at radius 3 is 1.24 bits per heavy atom. The van der Waals surface area contributed by atoms with E-state index in [0.29, 0.717) is 12.2 Å². The molecule has 212 valence electrons. The Morgan fingerprint density at radius 2 is 0.919 bits per heavy atom. The number of rotatable bonds is 10. The summed E-state index contributed by atoms with van der Waals surface area (Å²) in [6.07, 6.45) is 27.8. The Hall–Kier alpha value is -0.410. The van der Waals surface area contributed by atoms with E-state index in [9.17, 15) is 4.79 Å². The number of ether oxygens (including phenoxy) is 2. The number of Topliss-reactive ketones (excluding diaryl/α,β-unsaturated/α-hetero) is 1. The van der Waals surface area contributed by atoms with E-state index in [0.717, 1.165) is 42.7 Å². The van der Waals surface area contributed by atoms with E-state index in [4.69, 9.17) is 9.47 Å². The lowest BCUT2D eigenvalue weighted by Gasteiger charge is -2.60. The van der Waals surface area contributed by atoms with Crippen molar-refractivity contribution in [2.45, 2.75) is 161 Å². The van der Waals surface area contributed by atoms with Crippen molar-refractivity contribution in [3.05, 3.63) is 0 Å². The summed E-state index contributed by atoms with van der Waals surface area (Å²) in [7, 11) is 0. The lowest BCUT2D eigenvalue weighted by atomic mass is 9.42. The second kappa shape index (κ2) is 12.8. The van der Waals surface area contributed by atoms with Crippen LogP contribution in [0, 0.1) is 34.5 Å². The second-order valence-corrected chi connectivity index (χ2v) is 14.3. The first kappa shape index (κ1) is 28.1. The minimum absolute atomic E-state index is 0.0949. The van der Waals surface area contributed by atoms with Gasteiger partial charge in [0.2, 0.25) is 0 Å². The van der Waals surface area contributed by atoms with Gasteiger partial charge in [-0.1, -0.05) is 26.7 Å². The summed E-state index contributed by atoms with van der Waals surface area (Å²) < 4.78 is 12.2. The van der Waals surface area contributed by atoms with Crippen LogP contribution in [0.25, 0.3) is 0 Å². The van der Waals surface area contributed by atoms with Gasteiger partial charge in [0.1, 0.15) is 5.78 Å². The molecule has 3 nitrogen and oxygen atoms in total. The predicted octanol–water partition coefficient (Wildman–Crippen LogP) is 9.06. The third-order valence-corrected chi connectivity index (χ3v) is 12.1. The maximum atomic E-state index is 13.8. The number of carbonyl (C=O) groups excluding carboxylic acids is 1. The molecular formula is C34H58O3. The van der Waals surface area contributed by atoms with Crippen LogP contribution >= 0.6 is 0 Å². The van der Waals surface area contributed by atoms with Crippen LogP contribution in [-0.4, -0.2) is 31.2 Å². The molecule has 5 aliphatic carbocycles. The van der Waals surface area contributed by atoms with E-state index >= 15 is 0 Å². The summed E-state index contributed by atoms with van der Waals surface area (Å²) in [6.45, 7) is 6.40. The molecule has 0 heterocycles. The minimum atomic E-state index is 0.0949. The Bertz CT molecular complexity index is 641. The normalized spacial score (nSPS) is 42.7. The smallest absolute Gasteiger partial charge is 0.145 e. The molecule has 5 aliphatic rings. The van der Waals surface area contributed by atoms with Crippen molar-refractivity contribution in [1.82, 2.24) is 0 Å². The van der Waals surface area contributed by atoms with Crippen LogP contribution in [0.15, 0.2) is 0 Å². The van der Waals surface area contributed by atoms with E-state index in [2.05, 4.69) is 13.8 Å². The van der Waals surface area contributed by atoms with E-state index in [1.54, 1.807) is 0 Å². The molecular weight excluding hydrogens is 456 g/mol. The predicted molar refractivity (Wildman–Crippen MR) is 152 cm³/mol. The van der Waals surface area contributed by atoms with Crippen LogP contribution in [0.4, 0.5) is 0 Å². The van der Waals surface area contributed by atoms with Crippen molar-refractivity contribution in [3.8, 4) is 0 Å². The fraction of sp³-hybridized carbons (Fsp3) is 0.971. The van der Waals surface area contributed by atoms with Crippen molar-refractivity contribution < 1.29 is 14.3 Å². The summed E-state index contributed by atoms with van der Waals surface area (Å²) >= 11 is 0. The van der Waals surface area contributed by atoms with Crippen LogP contribution in [0.2, 0.25) is 0 Å². The molecule has 0 atom stereocenters. The van der Waals surface area contributed by atoms with Crippen molar-refractivity contribution in [2.24, 2.45) is 34.5 Å². The molecule has 0 aromatic heterocycles. The van der Waals surface area contributed by atoms with Gasteiger partial charge in [-0.3, -0.25) is 4.79 Å². The Morgan fingerprint density at radius 1 is 0.568 bits per heavy atom. The van der Waals surface area contributed by atoms with Gasteiger partial charge >= 0.3 is 0 Å². The second-order valence-electron chi connectivity index (χ2n) is 14.3. The third kappa shape index (κ3) is 6.34. The standard InChI is InChI=1S/C34H58O3/c1-3-5-23-36-30-11-7-26(8-12-30)28-15-19-33(20-16-28)25-34(32(33)35)21-17-29(18-22-34)27-9-13-31(14-10-27)37-24-6-4-2/h26-31H,3-25H2,1-2H3. The highest BCUT2D eigenvalue weighted by Crippen LogP contribution is 2.65. The van der Waals surface area contributed by atoms with Crippen molar-refractivity contribution in [3.63, 3.8) is 0 Å². The minimum Gasteiger partial charge on any atom is -0.378 e. The molecule has 0 aromatic carbocycles. The van der Waals surface area contributed by atoms with Crippen molar-refractivity contribution in [2.75, 3.05) is 13.2 Å². The maximum Gasteiger partial charge on any atom is 0.145 e. The fourth-order valence-corrected chi connectivity index (χ4v) is 9.64. The highest BCUT2D eigenvalue weighted by molar-refractivity contribution is 5.96. The first-order valence-electron chi connectivity index (χ1n) is 16.9. The van der Waals surface area contributed by atoms with Crippen molar-refractivity contribution in [1.29, 1.82) is 0 Å². The Labute approximate surface area is 228 Å². The number of hydrogen-bond acceptors (Lipinski definition) is 3. The number of unbranched alkanes of at least 4 members (excludes halogenated alkanes) is 2. The average Bonchev–Trinajstić information content (AvgIpc) is 2.95. The molecule has 0 unspecified atom stereocenters. The van der Waals surface area contributed by atoms with Gasteiger partial charge in [0.05, 0.1) is 12.2 Å². The van der Waals surface area contributed by atoms with E-state index in [1.807, 2.05) is 0 Å². The van der Waals surface area contributed by atoms with E-state index < -0.39 is 0 Å². The van der Waals surface area contributed by atoms with Crippen LogP contribution in [0.3, 0.4) is 0 Å². The quantitative estimate of drug-likeness (QED) is 0.273. The molecule has 3 heteroatoms. The molecule has 0 aliphatic heterocycles. The van der Waals surface area contributed by atoms with Gasteiger partial charge in [-0.2, -0.15) is 0 Å². The summed E-state index contributed by atoms with van der Waals surface area (Å²) in [5.41, 5.74) is 0.190. The molecule has 0 radical (unpaired) electrons. The molecule has 0 N–H and O–H groups in total. The van der Waals surface area contributed by atoms with Gasteiger partial charge in [0, 0.05) is 24.0 Å². The van der Waals surface area contributed by atoms with Gasteiger partial charge < -0.3 is 9.47 Å². The molecule has 5 saturated carbocycles. The van der Waals surface area contributed by atoms with Gasteiger partial charge in [0.15, 0.2) is 0 Å². The maximum absolute atomic E-state index is 13.8. The van der Waals surface area contributed by atoms with Crippen molar-refractivity contribution >= 4 is 5.78 Å². The molecule has 0 aromatic rings. The summed E-state index contributed by atoms with van der Waals surface area (Å²) in [5, 5.41) is 0. The van der Waals surface area contributed by atoms with E-state index in [1.165, 1.54) is 135 Å². The fourth-order valence-electron chi connectivity index (χ4n) is 9.64. The highest BCUT2D eigenvalue weighted by atomic mass is 16.5. The van der Waals surface area contributed by atoms with Crippen LogP contribution in [0.5, 0.6) is 0 Å². The summed E-state index contributed by atoms with van der Waals surface area (Å²) in [5.74, 6) is 4.27. The van der Waals surface area contributed by atoms with Crippen LogP contribution < -0.4 is 0 Å². The topological polar surface area (TPSA) is 35.5 Å². The number of carbonyl (C=O) groups is 1. The molecule has 37 heavy (non-hydrogen) atoms. The number of ketones is 1. The van der Waals surface area contributed by atoms with Crippen LogP contribution in [0.1, 0.15) is 149 Å². The van der Waals surface area contributed by atoms with Gasteiger partial charge in [0.25, 0.3) is 0 Å². The van der Waals surface area contributed by atoms with E-state index in [-0.39, 0.29) is 10.8 Å². The van der Waals surface area contributed by atoms with Gasteiger partial charge in [-0.25, -0.2) is 0 Å². The average molecular weight is 515 g/mol. The summed E-state index contributed by atoms with van der Waals surface area (Å²) in [4.78, 5) is 13.8.